The number of aryl methyl sites for hydroxylation is 1. The van der Waals surface area contributed by atoms with Crippen molar-refractivity contribution in [2.24, 2.45) is 0 Å². The summed E-state index contributed by atoms with van der Waals surface area (Å²) < 4.78 is 5.89. The molecule has 0 amide bonds. The van der Waals surface area contributed by atoms with Crippen LogP contribution in [0, 0.1) is 13.0 Å². The van der Waals surface area contributed by atoms with Gasteiger partial charge in [0.1, 0.15) is 0 Å². The van der Waals surface area contributed by atoms with Crippen molar-refractivity contribution in [3.05, 3.63) is 29.8 Å². The minimum atomic E-state index is 0. The fourth-order valence-corrected chi connectivity index (χ4v) is 1.82. The molecule has 1 aliphatic rings. The molecule has 0 aromatic heterocycles. The van der Waals surface area contributed by atoms with E-state index in [0.717, 1.165) is 5.75 Å². The average molecular weight is 279 g/mol. The van der Waals surface area contributed by atoms with Gasteiger partial charge in [0, 0.05) is 5.75 Å². The van der Waals surface area contributed by atoms with Gasteiger partial charge >= 0.3 is 23.1 Å². The van der Waals surface area contributed by atoms with Crippen LogP contribution in [0.4, 0.5) is 0 Å². The third kappa shape index (κ3) is 4.33. The van der Waals surface area contributed by atoms with Gasteiger partial charge in [-0.15, -0.1) is 11.6 Å². The fraction of sp³-hybridized carbons (Fsp3) is 0.500. The minimum Gasteiger partial charge on any atom is -1.00 e. The molecule has 78 valence electrons. The maximum atomic E-state index is 5.89. The summed E-state index contributed by atoms with van der Waals surface area (Å²) in [5.41, 5.74) is 1.19. The van der Waals surface area contributed by atoms with Gasteiger partial charge in [-0.25, -0.2) is 0 Å². The maximum absolute atomic E-state index is 5.89. The summed E-state index contributed by atoms with van der Waals surface area (Å²) in [6, 6.07) is 8.94. The first-order valence-corrected chi connectivity index (χ1v) is 4.99. The van der Waals surface area contributed by atoms with Crippen LogP contribution in [-0.4, -0.2) is 29.2 Å². The van der Waals surface area contributed by atoms with Gasteiger partial charge in [-0.05, 0) is 25.7 Å². The molecule has 0 saturated heterocycles. The average Bonchev–Trinajstić information content (AvgIpc) is 2.61. The van der Waals surface area contributed by atoms with Gasteiger partial charge in [-0.3, -0.25) is 0 Å². The molecule has 0 heterocycles. The monoisotopic (exact) mass is 278 g/mol. The predicted octanol–water partition coefficient (Wildman–Crippen LogP) is -0.260. The molecule has 15 heavy (non-hydrogen) atoms. The van der Waals surface area contributed by atoms with Crippen molar-refractivity contribution in [1.29, 1.82) is 0 Å². The molecule has 1 aliphatic carbocycles. The first kappa shape index (κ1) is 15.3. The molecule has 0 spiro atoms. The van der Waals surface area contributed by atoms with Crippen LogP contribution in [0.3, 0.4) is 0 Å². The molecule has 1 aromatic rings. The molecule has 0 radical (unpaired) electrons. The summed E-state index contributed by atoms with van der Waals surface area (Å²) in [5, 5.41) is 0. The summed E-state index contributed by atoms with van der Waals surface area (Å²) >= 11 is 0. The van der Waals surface area contributed by atoms with Crippen molar-refractivity contribution < 1.29 is 21.7 Å². The van der Waals surface area contributed by atoms with E-state index in [1.807, 2.05) is 18.2 Å². The molecule has 1 saturated carbocycles. The normalized spacial score (nSPS) is 15.3. The zero-order valence-electron chi connectivity index (χ0n) is 9.13. The van der Waals surface area contributed by atoms with Crippen LogP contribution in [0.25, 0.3) is 0 Å². The van der Waals surface area contributed by atoms with E-state index >= 15 is 0 Å². The molecule has 0 aliphatic heterocycles. The van der Waals surface area contributed by atoms with Crippen LogP contribution >= 0.6 is 0 Å². The van der Waals surface area contributed by atoms with E-state index in [1.54, 1.807) is 0 Å². The molecular formula is C12H15BrMgO. The Bertz CT molecular complexity index is 285. The van der Waals surface area contributed by atoms with Crippen molar-refractivity contribution in [3.63, 3.8) is 0 Å². The van der Waals surface area contributed by atoms with E-state index in [4.69, 9.17) is 4.74 Å². The topological polar surface area (TPSA) is 9.23 Å². The number of hydrogen-bond donors (Lipinski definition) is 0. The summed E-state index contributed by atoms with van der Waals surface area (Å²) in [4.78, 5) is 0. The SMILES string of the molecule is Cc1c[c-]ccc1OC1CCCC1.[Br-].[Mg+2]. The van der Waals surface area contributed by atoms with Crippen LogP contribution in [0.5, 0.6) is 5.75 Å². The number of rotatable bonds is 2. The van der Waals surface area contributed by atoms with Crippen molar-refractivity contribution in [3.8, 4) is 5.75 Å². The second-order valence-electron chi connectivity index (χ2n) is 3.72. The van der Waals surface area contributed by atoms with E-state index in [2.05, 4.69) is 13.0 Å². The zero-order valence-corrected chi connectivity index (χ0v) is 12.1. The van der Waals surface area contributed by atoms with Crippen LogP contribution in [0.2, 0.25) is 0 Å². The summed E-state index contributed by atoms with van der Waals surface area (Å²) in [7, 11) is 0. The standard InChI is InChI=1S/C12H15O.BrH.Mg/c1-10-6-2-5-9-12(10)13-11-7-3-4-8-11;;/h5-6,9,11H,3-4,7-8H2,1H3;1H;/q-1;;+2/p-1. The molecule has 0 unspecified atom stereocenters. The van der Waals surface area contributed by atoms with Crippen LogP contribution in [-0.2, 0) is 0 Å². The molecule has 2 rings (SSSR count). The van der Waals surface area contributed by atoms with E-state index < -0.39 is 0 Å². The van der Waals surface area contributed by atoms with E-state index in [0.29, 0.717) is 6.10 Å². The predicted molar refractivity (Wildman–Crippen MR) is 58.7 cm³/mol. The van der Waals surface area contributed by atoms with Crippen molar-refractivity contribution in [2.75, 3.05) is 0 Å². The van der Waals surface area contributed by atoms with Gasteiger partial charge in [0.2, 0.25) is 0 Å². The van der Waals surface area contributed by atoms with E-state index in [-0.39, 0.29) is 40.0 Å². The van der Waals surface area contributed by atoms with Gasteiger partial charge < -0.3 is 21.7 Å². The van der Waals surface area contributed by atoms with Crippen LogP contribution in [0.1, 0.15) is 31.2 Å². The molecule has 1 aromatic carbocycles. The summed E-state index contributed by atoms with van der Waals surface area (Å²) in [6.07, 6.45) is 5.54. The number of halogens is 1. The first-order chi connectivity index (χ1) is 6.36. The Morgan fingerprint density at radius 1 is 1.33 bits per heavy atom. The molecule has 0 bridgehead atoms. The smallest absolute Gasteiger partial charge is 1.00 e. The second kappa shape index (κ2) is 7.53. The van der Waals surface area contributed by atoms with Gasteiger partial charge in [0.15, 0.2) is 0 Å². The molecule has 1 fully saturated rings. The Morgan fingerprint density at radius 3 is 2.60 bits per heavy atom. The number of hydrogen-bond acceptors (Lipinski definition) is 1. The Balaban J connectivity index is 0.000000980. The van der Waals surface area contributed by atoms with Gasteiger partial charge in [0.25, 0.3) is 0 Å². The van der Waals surface area contributed by atoms with Gasteiger partial charge in [-0.1, -0.05) is 6.92 Å². The van der Waals surface area contributed by atoms with Crippen molar-refractivity contribution >= 4 is 23.1 Å². The van der Waals surface area contributed by atoms with Crippen LogP contribution < -0.4 is 21.7 Å². The molecule has 1 nitrogen and oxygen atoms in total. The van der Waals surface area contributed by atoms with E-state index in [1.165, 1.54) is 31.2 Å². The van der Waals surface area contributed by atoms with Crippen molar-refractivity contribution in [2.45, 2.75) is 38.7 Å². The summed E-state index contributed by atoms with van der Waals surface area (Å²) in [6.45, 7) is 2.07. The molecule has 3 heteroatoms. The van der Waals surface area contributed by atoms with Crippen LogP contribution in [0.15, 0.2) is 18.2 Å². The van der Waals surface area contributed by atoms with Gasteiger partial charge in [-0.2, -0.15) is 18.2 Å². The quantitative estimate of drug-likeness (QED) is 0.535. The van der Waals surface area contributed by atoms with Gasteiger partial charge in [0.05, 0.1) is 6.10 Å². The Morgan fingerprint density at radius 2 is 2.00 bits per heavy atom. The van der Waals surface area contributed by atoms with E-state index in [9.17, 15) is 0 Å². The maximum Gasteiger partial charge on any atom is 2.00 e. The third-order valence-electron chi connectivity index (χ3n) is 2.62. The summed E-state index contributed by atoms with van der Waals surface area (Å²) in [5.74, 6) is 1.03. The minimum absolute atomic E-state index is 0. The molecular weight excluding hydrogens is 264 g/mol. The van der Waals surface area contributed by atoms with Crippen molar-refractivity contribution in [1.82, 2.24) is 0 Å². The zero-order chi connectivity index (χ0) is 9.10. The Labute approximate surface area is 119 Å². The number of ether oxygens (including phenoxy) is 1. The Kier molecular flexibility index (Phi) is 7.66. The first-order valence-electron chi connectivity index (χ1n) is 4.99. The molecule has 0 atom stereocenters. The third-order valence-corrected chi connectivity index (χ3v) is 2.62. The Hall–Kier alpha value is 0.266. The largest absolute Gasteiger partial charge is 2.00 e. The number of benzene rings is 1. The fourth-order valence-electron chi connectivity index (χ4n) is 1.82. The second-order valence-corrected chi connectivity index (χ2v) is 3.72. The molecule has 0 N–H and O–H groups in total.